The molecule has 1 heterocycles. The Morgan fingerprint density at radius 3 is 1.96 bits per heavy atom. The second kappa shape index (κ2) is 7.58. The molecule has 0 saturated carbocycles. The van der Waals surface area contributed by atoms with Gasteiger partial charge in [-0.25, -0.2) is 22.0 Å². The Kier molecular flexibility index (Phi) is 5.38. The van der Waals surface area contributed by atoms with Gasteiger partial charge in [-0.2, -0.15) is 5.10 Å². The van der Waals surface area contributed by atoms with E-state index < -0.39 is 34.8 Å². The molecule has 0 saturated heterocycles. The molecule has 3 aromatic rings. The zero-order valence-electron chi connectivity index (χ0n) is 13.0. The van der Waals surface area contributed by atoms with Crippen molar-refractivity contribution in [3.63, 3.8) is 0 Å². The number of rotatable bonds is 4. The molecule has 0 aliphatic heterocycles. The summed E-state index contributed by atoms with van der Waals surface area (Å²) in [5, 5.41) is 4.20. The molecule has 10 heteroatoms. The van der Waals surface area contributed by atoms with Gasteiger partial charge >= 0.3 is 0 Å². The van der Waals surface area contributed by atoms with Crippen LogP contribution in [0, 0.1) is 29.1 Å². The zero-order chi connectivity index (χ0) is 19.7. The lowest BCUT2D eigenvalue weighted by Gasteiger charge is -2.06. The van der Waals surface area contributed by atoms with E-state index in [0.29, 0.717) is 21.4 Å². The summed E-state index contributed by atoms with van der Waals surface area (Å²) in [6, 6.07) is 7.75. The first-order valence-corrected chi connectivity index (χ1v) is 7.90. The summed E-state index contributed by atoms with van der Waals surface area (Å²) in [5.41, 5.74) is 1.06. The summed E-state index contributed by atoms with van der Waals surface area (Å²) in [4.78, 5) is 0. The lowest BCUT2D eigenvalue weighted by atomic mass is 10.2. The van der Waals surface area contributed by atoms with Gasteiger partial charge in [-0.15, -0.1) is 0 Å². The topological polar surface area (TPSA) is 37.5 Å². The number of anilines is 1. The summed E-state index contributed by atoms with van der Waals surface area (Å²) in [7, 11) is 0. The van der Waals surface area contributed by atoms with Gasteiger partial charge in [-0.05, 0) is 30.3 Å². The predicted molar refractivity (Wildman–Crippen MR) is 91.6 cm³/mol. The van der Waals surface area contributed by atoms with Gasteiger partial charge in [0.05, 0.1) is 6.21 Å². The first-order valence-electron chi connectivity index (χ1n) is 7.14. The van der Waals surface area contributed by atoms with Crippen molar-refractivity contribution in [1.82, 2.24) is 0 Å². The van der Waals surface area contributed by atoms with E-state index in [-0.39, 0.29) is 5.76 Å². The highest BCUT2D eigenvalue weighted by Gasteiger charge is 2.25. The van der Waals surface area contributed by atoms with Crippen molar-refractivity contribution in [2.45, 2.75) is 0 Å². The Labute approximate surface area is 159 Å². The molecule has 0 spiro atoms. The van der Waals surface area contributed by atoms with Crippen LogP contribution < -0.4 is 5.43 Å². The summed E-state index contributed by atoms with van der Waals surface area (Å²) in [6.45, 7) is 0. The highest BCUT2D eigenvalue weighted by molar-refractivity contribution is 6.35. The summed E-state index contributed by atoms with van der Waals surface area (Å²) < 4.78 is 71.7. The van der Waals surface area contributed by atoms with Crippen LogP contribution in [0.2, 0.25) is 10.0 Å². The molecule has 0 atom stereocenters. The molecule has 0 bridgehead atoms. The molecule has 140 valence electrons. The van der Waals surface area contributed by atoms with E-state index in [1.807, 2.05) is 0 Å². The van der Waals surface area contributed by atoms with Crippen molar-refractivity contribution in [3.05, 3.63) is 75.2 Å². The molecular formula is C17H7Cl2F5N2O. The molecule has 3 nitrogen and oxygen atoms in total. The first kappa shape index (κ1) is 19.2. The second-order valence-corrected chi connectivity index (χ2v) is 6.05. The van der Waals surface area contributed by atoms with Crippen molar-refractivity contribution in [3.8, 4) is 11.3 Å². The largest absolute Gasteiger partial charge is 0.455 e. The van der Waals surface area contributed by atoms with Crippen LogP contribution in [0.5, 0.6) is 0 Å². The molecule has 2 aromatic carbocycles. The predicted octanol–water partition coefficient (Wildman–Crippen LogP) is 6.39. The molecule has 1 aromatic heterocycles. The molecular weight excluding hydrogens is 414 g/mol. The third-order valence-electron chi connectivity index (χ3n) is 3.35. The smallest absolute Gasteiger partial charge is 0.200 e. The number of benzene rings is 2. The maximum absolute atomic E-state index is 13.5. The standard InChI is InChI=1S/C17H7Cl2F5N2O/c18-8-3-7(4-9(19)5-8)11-2-1-10(27-11)6-25-26-17-15(23)13(21)12(20)14(22)16(17)24/h1-6,26H. The van der Waals surface area contributed by atoms with E-state index in [0.717, 1.165) is 6.21 Å². The zero-order valence-corrected chi connectivity index (χ0v) is 14.5. The highest BCUT2D eigenvalue weighted by atomic mass is 35.5. The monoisotopic (exact) mass is 420 g/mol. The van der Waals surface area contributed by atoms with Crippen LogP contribution in [0.15, 0.2) is 39.9 Å². The van der Waals surface area contributed by atoms with Gasteiger partial charge < -0.3 is 4.42 Å². The van der Waals surface area contributed by atoms with Gasteiger partial charge in [0.1, 0.15) is 17.2 Å². The fraction of sp³-hybridized carbons (Fsp3) is 0. The highest BCUT2D eigenvalue weighted by Crippen LogP contribution is 2.29. The molecule has 27 heavy (non-hydrogen) atoms. The lowest BCUT2D eigenvalue weighted by molar-refractivity contribution is 0.381. The van der Waals surface area contributed by atoms with E-state index in [4.69, 9.17) is 27.6 Å². The van der Waals surface area contributed by atoms with Gasteiger partial charge in [0, 0.05) is 15.6 Å². The Morgan fingerprint density at radius 1 is 0.815 bits per heavy atom. The SMILES string of the molecule is Fc1c(F)c(F)c(NN=Cc2ccc(-c3cc(Cl)cc(Cl)c3)o2)c(F)c1F. The van der Waals surface area contributed by atoms with Crippen LogP contribution in [-0.4, -0.2) is 6.21 Å². The van der Waals surface area contributed by atoms with Gasteiger partial charge in [0.2, 0.25) is 5.82 Å². The Hall–Kier alpha value is -2.58. The molecule has 0 aliphatic carbocycles. The Bertz CT molecular complexity index is 1000. The van der Waals surface area contributed by atoms with Crippen molar-refractivity contribution in [2.24, 2.45) is 5.10 Å². The Morgan fingerprint density at radius 2 is 1.37 bits per heavy atom. The van der Waals surface area contributed by atoms with Crippen molar-refractivity contribution >= 4 is 35.1 Å². The first-order chi connectivity index (χ1) is 12.8. The average Bonchev–Trinajstić information content (AvgIpc) is 3.09. The molecule has 0 aliphatic rings. The van der Waals surface area contributed by atoms with Crippen LogP contribution in [0.1, 0.15) is 5.76 Å². The molecule has 0 radical (unpaired) electrons. The van der Waals surface area contributed by atoms with Crippen molar-refractivity contribution in [1.29, 1.82) is 0 Å². The number of hydrogen-bond acceptors (Lipinski definition) is 3. The fourth-order valence-corrected chi connectivity index (χ4v) is 2.66. The molecule has 0 fully saturated rings. The number of nitrogens with zero attached hydrogens (tertiary/aromatic N) is 1. The molecule has 0 unspecified atom stereocenters. The van der Waals surface area contributed by atoms with Crippen LogP contribution in [-0.2, 0) is 0 Å². The summed E-state index contributed by atoms with van der Waals surface area (Å²) in [5.74, 6) is -9.96. The number of nitrogens with one attached hydrogen (secondary N) is 1. The number of furan rings is 1. The van der Waals surface area contributed by atoms with Crippen molar-refractivity contribution in [2.75, 3.05) is 5.43 Å². The fourth-order valence-electron chi connectivity index (χ4n) is 2.14. The molecule has 1 N–H and O–H groups in total. The molecule has 3 rings (SSSR count). The van der Waals surface area contributed by atoms with Crippen LogP contribution >= 0.6 is 23.2 Å². The quantitative estimate of drug-likeness (QED) is 0.174. The third-order valence-corrected chi connectivity index (χ3v) is 3.79. The minimum absolute atomic E-state index is 0.137. The van der Waals surface area contributed by atoms with E-state index in [9.17, 15) is 22.0 Å². The number of hydrogen-bond donors (Lipinski definition) is 1. The summed E-state index contributed by atoms with van der Waals surface area (Å²) >= 11 is 11.8. The van der Waals surface area contributed by atoms with Crippen LogP contribution in [0.4, 0.5) is 27.6 Å². The lowest BCUT2D eigenvalue weighted by Crippen LogP contribution is -2.06. The van der Waals surface area contributed by atoms with Crippen molar-refractivity contribution < 1.29 is 26.4 Å². The van der Waals surface area contributed by atoms with E-state index in [1.54, 1.807) is 23.6 Å². The number of halogens is 7. The van der Waals surface area contributed by atoms with Crippen LogP contribution in [0.3, 0.4) is 0 Å². The Balaban J connectivity index is 1.82. The van der Waals surface area contributed by atoms with E-state index in [1.165, 1.54) is 12.1 Å². The van der Waals surface area contributed by atoms with Gasteiger partial charge in [-0.3, -0.25) is 5.43 Å². The maximum atomic E-state index is 13.5. The second-order valence-electron chi connectivity index (χ2n) is 5.18. The van der Waals surface area contributed by atoms with E-state index >= 15 is 0 Å². The number of hydrazone groups is 1. The normalized spacial score (nSPS) is 11.4. The minimum atomic E-state index is -2.25. The third kappa shape index (κ3) is 3.91. The summed E-state index contributed by atoms with van der Waals surface area (Å²) in [6.07, 6.45) is 0.994. The van der Waals surface area contributed by atoms with Gasteiger partial charge in [0.15, 0.2) is 23.3 Å². The molecule has 0 amide bonds. The average molecular weight is 421 g/mol. The van der Waals surface area contributed by atoms with E-state index in [2.05, 4.69) is 5.10 Å². The minimum Gasteiger partial charge on any atom is -0.455 e. The van der Waals surface area contributed by atoms with Gasteiger partial charge in [0.25, 0.3) is 0 Å². The van der Waals surface area contributed by atoms with Crippen LogP contribution in [0.25, 0.3) is 11.3 Å². The van der Waals surface area contributed by atoms with Gasteiger partial charge in [-0.1, -0.05) is 23.2 Å². The maximum Gasteiger partial charge on any atom is 0.200 e.